The standard InChI is InChI=1S/C10H19N3O4/c1-4-7(9(15)16)13(3)6-8(14)12-10(17)11-5-2/h7H,4-6H2,1-3H3,(H,15,16)(H2,11,12,14,17). The number of nitrogens with zero attached hydrogens (tertiary/aromatic N) is 1. The second-order valence-electron chi connectivity index (χ2n) is 3.59. The average molecular weight is 245 g/mol. The van der Waals surface area contributed by atoms with Crippen molar-refractivity contribution in [2.24, 2.45) is 0 Å². The number of carboxylic acid groups (broad SMARTS) is 1. The van der Waals surface area contributed by atoms with Crippen molar-refractivity contribution >= 4 is 17.9 Å². The first-order valence-corrected chi connectivity index (χ1v) is 5.43. The predicted molar refractivity (Wildman–Crippen MR) is 61.6 cm³/mol. The minimum atomic E-state index is -0.985. The number of carboxylic acids is 1. The molecule has 0 aliphatic rings. The average Bonchev–Trinajstić information content (AvgIpc) is 2.17. The third-order valence-corrected chi connectivity index (χ3v) is 2.19. The van der Waals surface area contributed by atoms with E-state index in [0.29, 0.717) is 13.0 Å². The maximum Gasteiger partial charge on any atom is 0.321 e. The Morgan fingerprint density at radius 3 is 2.29 bits per heavy atom. The van der Waals surface area contributed by atoms with Crippen LogP contribution in [0.3, 0.4) is 0 Å². The molecule has 7 nitrogen and oxygen atoms in total. The van der Waals surface area contributed by atoms with Gasteiger partial charge in [0, 0.05) is 6.54 Å². The molecule has 0 rings (SSSR count). The van der Waals surface area contributed by atoms with E-state index in [1.165, 1.54) is 11.9 Å². The Morgan fingerprint density at radius 1 is 1.29 bits per heavy atom. The van der Waals surface area contributed by atoms with Gasteiger partial charge in [-0.2, -0.15) is 0 Å². The number of nitrogens with one attached hydrogen (secondary N) is 2. The first-order chi connectivity index (χ1) is 7.92. The minimum absolute atomic E-state index is 0.137. The Labute approximate surface area is 100 Å². The van der Waals surface area contributed by atoms with E-state index >= 15 is 0 Å². The van der Waals surface area contributed by atoms with E-state index in [1.807, 2.05) is 0 Å². The fourth-order valence-corrected chi connectivity index (χ4v) is 1.38. The first-order valence-electron chi connectivity index (χ1n) is 5.43. The molecule has 0 aromatic heterocycles. The molecule has 0 bridgehead atoms. The summed E-state index contributed by atoms with van der Waals surface area (Å²) in [4.78, 5) is 34.6. The van der Waals surface area contributed by atoms with Crippen LogP contribution in [0.4, 0.5) is 4.79 Å². The number of carbonyl (C=O) groups is 3. The fraction of sp³-hybridized carbons (Fsp3) is 0.700. The zero-order chi connectivity index (χ0) is 13.4. The smallest absolute Gasteiger partial charge is 0.321 e. The molecule has 0 spiro atoms. The maximum atomic E-state index is 11.4. The quantitative estimate of drug-likeness (QED) is 0.593. The molecule has 0 aromatic carbocycles. The van der Waals surface area contributed by atoms with Crippen molar-refractivity contribution in [1.82, 2.24) is 15.5 Å². The second kappa shape index (κ2) is 7.61. The zero-order valence-electron chi connectivity index (χ0n) is 10.3. The van der Waals surface area contributed by atoms with E-state index in [-0.39, 0.29) is 6.54 Å². The van der Waals surface area contributed by atoms with Crippen molar-refractivity contribution in [3.63, 3.8) is 0 Å². The molecule has 1 atom stereocenters. The van der Waals surface area contributed by atoms with Gasteiger partial charge in [0.1, 0.15) is 6.04 Å². The molecular formula is C10H19N3O4. The van der Waals surface area contributed by atoms with E-state index in [2.05, 4.69) is 10.6 Å². The van der Waals surface area contributed by atoms with E-state index in [9.17, 15) is 14.4 Å². The van der Waals surface area contributed by atoms with Gasteiger partial charge in [-0.05, 0) is 20.4 Å². The molecule has 0 saturated heterocycles. The lowest BCUT2D eigenvalue weighted by Crippen LogP contribution is -2.47. The van der Waals surface area contributed by atoms with Gasteiger partial charge in [0.15, 0.2) is 0 Å². The Morgan fingerprint density at radius 2 is 1.88 bits per heavy atom. The van der Waals surface area contributed by atoms with E-state index < -0.39 is 23.9 Å². The zero-order valence-corrected chi connectivity index (χ0v) is 10.3. The van der Waals surface area contributed by atoms with Crippen LogP contribution in [0.15, 0.2) is 0 Å². The SMILES string of the molecule is CCNC(=O)NC(=O)CN(C)C(CC)C(=O)O. The summed E-state index contributed by atoms with van der Waals surface area (Å²) >= 11 is 0. The highest BCUT2D eigenvalue weighted by Crippen LogP contribution is 2.00. The summed E-state index contributed by atoms with van der Waals surface area (Å²) in [5.74, 6) is -1.51. The summed E-state index contributed by atoms with van der Waals surface area (Å²) in [6.45, 7) is 3.73. The third-order valence-electron chi connectivity index (χ3n) is 2.19. The molecule has 0 fully saturated rings. The largest absolute Gasteiger partial charge is 0.480 e. The lowest BCUT2D eigenvalue weighted by atomic mass is 10.2. The van der Waals surface area contributed by atoms with Crippen molar-refractivity contribution in [2.45, 2.75) is 26.3 Å². The van der Waals surface area contributed by atoms with E-state index in [0.717, 1.165) is 0 Å². The van der Waals surface area contributed by atoms with E-state index in [1.54, 1.807) is 13.8 Å². The molecule has 3 amide bonds. The molecule has 17 heavy (non-hydrogen) atoms. The normalized spacial score (nSPS) is 12.0. The van der Waals surface area contributed by atoms with Gasteiger partial charge in [0.05, 0.1) is 6.54 Å². The molecular weight excluding hydrogens is 226 g/mol. The number of hydrogen-bond donors (Lipinski definition) is 3. The third kappa shape index (κ3) is 5.86. The van der Waals surface area contributed by atoms with Gasteiger partial charge in [-0.15, -0.1) is 0 Å². The van der Waals surface area contributed by atoms with Crippen LogP contribution >= 0.6 is 0 Å². The Kier molecular flexibility index (Phi) is 6.88. The van der Waals surface area contributed by atoms with Gasteiger partial charge in [-0.3, -0.25) is 19.8 Å². The summed E-state index contributed by atoms with van der Waals surface area (Å²) in [6.07, 6.45) is 0.389. The van der Waals surface area contributed by atoms with Crippen molar-refractivity contribution in [3.8, 4) is 0 Å². The van der Waals surface area contributed by atoms with Gasteiger partial charge in [-0.1, -0.05) is 6.92 Å². The van der Waals surface area contributed by atoms with Crippen LogP contribution in [-0.2, 0) is 9.59 Å². The van der Waals surface area contributed by atoms with Crippen LogP contribution in [-0.4, -0.2) is 54.1 Å². The van der Waals surface area contributed by atoms with Crippen LogP contribution in [0.2, 0.25) is 0 Å². The number of amides is 3. The number of hydrogen-bond acceptors (Lipinski definition) is 4. The van der Waals surface area contributed by atoms with Crippen LogP contribution in [0.1, 0.15) is 20.3 Å². The summed E-state index contributed by atoms with van der Waals surface area (Å²) in [6, 6.07) is -1.30. The van der Waals surface area contributed by atoms with Gasteiger partial charge in [0.25, 0.3) is 0 Å². The van der Waals surface area contributed by atoms with Crippen LogP contribution in [0.25, 0.3) is 0 Å². The topological polar surface area (TPSA) is 98.7 Å². The molecule has 0 aliphatic heterocycles. The molecule has 7 heteroatoms. The van der Waals surface area contributed by atoms with E-state index in [4.69, 9.17) is 5.11 Å². The van der Waals surface area contributed by atoms with Crippen LogP contribution < -0.4 is 10.6 Å². The van der Waals surface area contributed by atoms with Crippen molar-refractivity contribution < 1.29 is 19.5 Å². The van der Waals surface area contributed by atoms with Crippen molar-refractivity contribution in [2.75, 3.05) is 20.1 Å². The molecule has 3 N–H and O–H groups in total. The fourth-order valence-electron chi connectivity index (χ4n) is 1.38. The maximum absolute atomic E-state index is 11.4. The second-order valence-corrected chi connectivity index (χ2v) is 3.59. The molecule has 0 heterocycles. The Hall–Kier alpha value is -1.63. The summed E-state index contributed by atoms with van der Waals surface area (Å²) in [5, 5.41) is 13.4. The summed E-state index contributed by atoms with van der Waals surface area (Å²) < 4.78 is 0. The van der Waals surface area contributed by atoms with Crippen molar-refractivity contribution in [1.29, 1.82) is 0 Å². The van der Waals surface area contributed by atoms with Crippen molar-refractivity contribution in [3.05, 3.63) is 0 Å². The number of carbonyl (C=O) groups excluding carboxylic acids is 2. The molecule has 1 unspecified atom stereocenters. The number of urea groups is 1. The monoisotopic (exact) mass is 245 g/mol. The van der Waals surface area contributed by atoms with Gasteiger partial charge < -0.3 is 10.4 Å². The minimum Gasteiger partial charge on any atom is -0.480 e. The Bertz CT molecular complexity index is 293. The first kappa shape index (κ1) is 15.4. The lowest BCUT2D eigenvalue weighted by Gasteiger charge is -2.22. The number of imide groups is 1. The molecule has 0 aliphatic carbocycles. The summed E-state index contributed by atoms with van der Waals surface area (Å²) in [5.41, 5.74) is 0. The van der Waals surface area contributed by atoms with Gasteiger partial charge in [-0.25, -0.2) is 4.79 Å². The molecule has 0 saturated carbocycles. The number of aliphatic carboxylic acids is 1. The lowest BCUT2D eigenvalue weighted by molar-refractivity contribution is -0.143. The van der Waals surface area contributed by atoms with Gasteiger partial charge in [0.2, 0.25) is 5.91 Å². The molecule has 0 aromatic rings. The van der Waals surface area contributed by atoms with Crippen LogP contribution in [0, 0.1) is 0 Å². The predicted octanol–water partition coefficient (Wildman–Crippen LogP) is -0.373. The number of likely N-dealkylation sites (N-methyl/N-ethyl adjacent to an activating group) is 1. The number of rotatable bonds is 6. The highest BCUT2D eigenvalue weighted by atomic mass is 16.4. The van der Waals surface area contributed by atoms with Crippen LogP contribution in [0.5, 0.6) is 0 Å². The highest BCUT2D eigenvalue weighted by Gasteiger charge is 2.22. The Balaban J connectivity index is 4.19. The van der Waals surface area contributed by atoms with Gasteiger partial charge >= 0.3 is 12.0 Å². The summed E-state index contributed by atoms with van der Waals surface area (Å²) in [7, 11) is 1.53. The molecule has 98 valence electrons. The molecule has 0 radical (unpaired) electrons. The highest BCUT2D eigenvalue weighted by molar-refractivity contribution is 5.95.